The predicted molar refractivity (Wildman–Crippen MR) is 94.2 cm³/mol. The van der Waals surface area contributed by atoms with Crippen LogP contribution in [0.5, 0.6) is 5.75 Å². The van der Waals surface area contributed by atoms with Crippen molar-refractivity contribution in [1.29, 1.82) is 0 Å². The van der Waals surface area contributed by atoms with Gasteiger partial charge in [-0.25, -0.2) is 4.79 Å². The summed E-state index contributed by atoms with van der Waals surface area (Å²) < 4.78 is 7.49. The molecule has 0 fully saturated rings. The monoisotopic (exact) mass is 323 g/mol. The topological polar surface area (TPSA) is 56.1 Å². The van der Waals surface area contributed by atoms with E-state index in [2.05, 4.69) is 21.8 Å². The van der Waals surface area contributed by atoms with E-state index in [9.17, 15) is 4.79 Å². The number of nitrogens with one attached hydrogen (secondary N) is 1. The zero-order valence-electron chi connectivity index (χ0n) is 13.7. The maximum absolute atomic E-state index is 11.7. The molecule has 1 N–H and O–H groups in total. The Morgan fingerprint density at radius 2 is 2.04 bits per heavy atom. The van der Waals surface area contributed by atoms with Gasteiger partial charge in [0.2, 0.25) is 0 Å². The second-order valence-corrected chi connectivity index (χ2v) is 5.69. The van der Waals surface area contributed by atoms with Gasteiger partial charge in [0.1, 0.15) is 5.75 Å². The molecule has 0 saturated heterocycles. The maximum atomic E-state index is 11.7. The summed E-state index contributed by atoms with van der Waals surface area (Å²) in [4.78, 5) is 15.8. The van der Waals surface area contributed by atoms with E-state index in [4.69, 9.17) is 4.74 Å². The van der Waals surface area contributed by atoms with E-state index in [1.54, 1.807) is 12.4 Å². The van der Waals surface area contributed by atoms with Gasteiger partial charge in [0.05, 0.1) is 0 Å². The molecule has 0 atom stereocenters. The number of ether oxygens (including phenoxy) is 1. The van der Waals surface area contributed by atoms with E-state index in [0.717, 1.165) is 30.3 Å². The van der Waals surface area contributed by atoms with Crippen LogP contribution >= 0.6 is 0 Å². The molecule has 5 heteroatoms. The van der Waals surface area contributed by atoms with E-state index in [-0.39, 0.29) is 0 Å². The first kappa shape index (κ1) is 16.1. The van der Waals surface area contributed by atoms with Crippen LogP contribution in [0.3, 0.4) is 0 Å². The normalized spacial score (nSPS) is 10.7. The lowest BCUT2D eigenvalue weighted by atomic mass is 10.2. The van der Waals surface area contributed by atoms with Gasteiger partial charge in [-0.15, -0.1) is 0 Å². The molecule has 1 aromatic carbocycles. The minimum Gasteiger partial charge on any atom is -0.410 e. The van der Waals surface area contributed by atoms with Crippen molar-refractivity contribution in [3.05, 3.63) is 60.6 Å². The Morgan fingerprint density at radius 3 is 2.83 bits per heavy atom. The Labute approximate surface area is 141 Å². The number of fused-ring (bicyclic) bond motifs is 1. The second kappa shape index (κ2) is 7.64. The number of carbonyl (C=O) groups is 1. The Kier molecular flexibility index (Phi) is 5.11. The van der Waals surface area contributed by atoms with E-state index in [1.165, 1.54) is 5.56 Å². The average molecular weight is 323 g/mol. The number of rotatable bonds is 6. The van der Waals surface area contributed by atoms with Crippen LogP contribution in [0.4, 0.5) is 4.79 Å². The van der Waals surface area contributed by atoms with E-state index in [0.29, 0.717) is 12.3 Å². The Balaban J connectivity index is 1.70. The number of amides is 1. The van der Waals surface area contributed by atoms with E-state index < -0.39 is 6.09 Å². The lowest BCUT2D eigenvalue weighted by Crippen LogP contribution is -2.27. The second-order valence-electron chi connectivity index (χ2n) is 5.69. The van der Waals surface area contributed by atoms with Crippen molar-refractivity contribution in [2.45, 2.75) is 26.3 Å². The molecule has 0 radical (unpaired) electrons. The van der Waals surface area contributed by atoms with Crippen molar-refractivity contribution in [1.82, 2.24) is 14.9 Å². The summed E-state index contributed by atoms with van der Waals surface area (Å²) in [7, 11) is 0. The molecule has 0 spiro atoms. The number of hydrogen-bond acceptors (Lipinski definition) is 3. The number of nitrogens with zero attached hydrogens (tertiary/aromatic N) is 2. The molecule has 0 saturated carbocycles. The summed E-state index contributed by atoms with van der Waals surface area (Å²) in [6.07, 6.45) is 7.22. The van der Waals surface area contributed by atoms with Gasteiger partial charge in [0.15, 0.2) is 0 Å². The zero-order valence-corrected chi connectivity index (χ0v) is 13.7. The van der Waals surface area contributed by atoms with Gasteiger partial charge in [0.25, 0.3) is 0 Å². The maximum Gasteiger partial charge on any atom is 0.412 e. The first-order valence-electron chi connectivity index (χ1n) is 8.20. The number of hydrogen-bond donors (Lipinski definition) is 1. The van der Waals surface area contributed by atoms with Crippen molar-refractivity contribution in [2.75, 3.05) is 6.54 Å². The molecule has 0 bridgehead atoms. The number of pyridine rings is 1. The van der Waals surface area contributed by atoms with Crippen LogP contribution in [-0.4, -0.2) is 22.2 Å². The molecule has 124 valence electrons. The van der Waals surface area contributed by atoms with Gasteiger partial charge in [-0.2, -0.15) is 0 Å². The summed E-state index contributed by atoms with van der Waals surface area (Å²) in [5, 5.41) is 3.79. The van der Waals surface area contributed by atoms with Crippen LogP contribution < -0.4 is 10.1 Å². The third-order valence-corrected chi connectivity index (χ3v) is 3.85. The minimum absolute atomic E-state index is 0.404. The summed E-state index contributed by atoms with van der Waals surface area (Å²) in [6, 6.07) is 11.7. The summed E-state index contributed by atoms with van der Waals surface area (Å²) in [5.74, 6) is 0.554. The van der Waals surface area contributed by atoms with Gasteiger partial charge in [-0.3, -0.25) is 4.98 Å². The van der Waals surface area contributed by atoms with Crippen LogP contribution in [-0.2, 0) is 6.54 Å². The quantitative estimate of drug-likeness (QED) is 0.698. The van der Waals surface area contributed by atoms with Crippen molar-refractivity contribution in [3.63, 3.8) is 0 Å². The van der Waals surface area contributed by atoms with Crippen LogP contribution in [0.1, 0.15) is 25.3 Å². The Morgan fingerprint density at radius 1 is 1.21 bits per heavy atom. The highest BCUT2D eigenvalue weighted by molar-refractivity contribution is 5.83. The fourth-order valence-electron chi connectivity index (χ4n) is 2.57. The first-order chi connectivity index (χ1) is 11.8. The van der Waals surface area contributed by atoms with Gasteiger partial charge >= 0.3 is 6.09 Å². The lowest BCUT2D eigenvalue weighted by Gasteiger charge is -2.08. The van der Waals surface area contributed by atoms with Gasteiger partial charge in [0, 0.05) is 42.6 Å². The van der Waals surface area contributed by atoms with E-state index in [1.807, 2.05) is 42.6 Å². The van der Waals surface area contributed by atoms with Crippen LogP contribution in [0.2, 0.25) is 0 Å². The minimum atomic E-state index is -0.404. The summed E-state index contributed by atoms with van der Waals surface area (Å²) in [6.45, 7) is 3.50. The van der Waals surface area contributed by atoms with E-state index >= 15 is 0 Å². The number of benzene rings is 1. The molecule has 24 heavy (non-hydrogen) atoms. The third kappa shape index (κ3) is 3.93. The van der Waals surface area contributed by atoms with Gasteiger partial charge < -0.3 is 14.6 Å². The Hall–Kier alpha value is -2.82. The van der Waals surface area contributed by atoms with Crippen molar-refractivity contribution in [3.8, 4) is 5.75 Å². The molecule has 5 nitrogen and oxygen atoms in total. The first-order valence-corrected chi connectivity index (χ1v) is 8.20. The highest BCUT2D eigenvalue weighted by atomic mass is 16.6. The molecule has 3 aromatic rings. The molecule has 0 aliphatic carbocycles. The Bertz CT molecular complexity index is 812. The third-order valence-electron chi connectivity index (χ3n) is 3.85. The van der Waals surface area contributed by atoms with Gasteiger partial charge in [-0.1, -0.05) is 13.3 Å². The summed E-state index contributed by atoms with van der Waals surface area (Å²) >= 11 is 0. The van der Waals surface area contributed by atoms with Crippen LogP contribution in [0, 0.1) is 0 Å². The fraction of sp³-hybridized carbons (Fsp3) is 0.263. The van der Waals surface area contributed by atoms with Gasteiger partial charge in [-0.05, 0) is 48.4 Å². The van der Waals surface area contributed by atoms with Crippen LogP contribution in [0.15, 0.2) is 55.0 Å². The average Bonchev–Trinajstić information content (AvgIpc) is 2.98. The standard InChI is InChI=1S/C19H21N3O2/c1-2-3-9-21-19(23)24-17-4-5-18-16(13-17)8-12-22(18)14-15-6-10-20-11-7-15/h4-8,10-13H,2-3,9,14H2,1H3,(H,21,23). The molecular formula is C19H21N3O2. The molecule has 2 heterocycles. The molecule has 0 unspecified atom stereocenters. The molecular weight excluding hydrogens is 302 g/mol. The van der Waals surface area contributed by atoms with Crippen molar-refractivity contribution < 1.29 is 9.53 Å². The number of carbonyl (C=O) groups excluding carboxylic acids is 1. The molecule has 3 rings (SSSR count). The SMILES string of the molecule is CCCCNC(=O)Oc1ccc2c(ccn2Cc2ccncc2)c1. The molecule has 0 aliphatic heterocycles. The molecule has 2 aromatic heterocycles. The fourth-order valence-corrected chi connectivity index (χ4v) is 2.57. The largest absolute Gasteiger partial charge is 0.412 e. The lowest BCUT2D eigenvalue weighted by molar-refractivity contribution is 0.200. The zero-order chi connectivity index (χ0) is 16.8. The molecule has 1 amide bonds. The predicted octanol–water partition coefficient (Wildman–Crippen LogP) is 3.97. The number of aromatic nitrogens is 2. The van der Waals surface area contributed by atoms with Crippen LogP contribution in [0.25, 0.3) is 10.9 Å². The highest BCUT2D eigenvalue weighted by Gasteiger charge is 2.07. The van der Waals surface area contributed by atoms with Crippen molar-refractivity contribution >= 4 is 17.0 Å². The number of unbranched alkanes of at least 4 members (excludes halogenated alkanes) is 1. The molecule has 0 aliphatic rings. The van der Waals surface area contributed by atoms with Crippen molar-refractivity contribution in [2.24, 2.45) is 0 Å². The smallest absolute Gasteiger partial charge is 0.410 e. The summed E-state index contributed by atoms with van der Waals surface area (Å²) in [5.41, 5.74) is 2.30. The highest BCUT2D eigenvalue weighted by Crippen LogP contribution is 2.23.